The van der Waals surface area contributed by atoms with E-state index in [-0.39, 0.29) is 26.2 Å². The zero-order valence-corrected chi connectivity index (χ0v) is 15.6. The average Bonchev–Trinajstić information content (AvgIpc) is 3.09. The number of carbonyl (C=O) groups excluding carboxylic acids is 2. The van der Waals surface area contributed by atoms with Crippen LogP contribution in [0.5, 0.6) is 0 Å². The Balaban J connectivity index is 1.78. The van der Waals surface area contributed by atoms with Crippen LogP contribution in [0, 0.1) is 12.5 Å². The van der Waals surface area contributed by atoms with Crippen LogP contribution in [0.25, 0.3) is 0 Å². The van der Waals surface area contributed by atoms with Gasteiger partial charge < -0.3 is 10.1 Å². The molecule has 1 saturated heterocycles. The predicted octanol–water partition coefficient (Wildman–Crippen LogP) is 2.05. The fraction of sp³-hybridized carbons (Fsp3) is 0.571. The van der Waals surface area contributed by atoms with E-state index in [0.29, 0.717) is 0 Å². The van der Waals surface area contributed by atoms with E-state index < -0.39 is 31.2 Å². The van der Waals surface area contributed by atoms with Crippen molar-refractivity contribution in [3.05, 3.63) is 23.7 Å². The lowest BCUT2D eigenvalue weighted by Crippen LogP contribution is -2.49. The Bertz CT molecular complexity index is 650. The van der Waals surface area contributed by atoms with Crippen LogP contribution >= 0.6 is 19.2 Å². The van der Waals surface area contributed by atoms with Gasteiger partial charge in [0.1, 0.15) is 6.61 Å². The average molecular weight is 391 g/mol. The number of nitrogens with zero attached hydrogens (tertiary/aromatic N) is 1. The molecular formula is C14H20N2O7PS. The summed E-state index contributed by atoms with van der Waals surface area (Å²) in [5.74, 6) is -0.964. The highest BCUT2D eigenvalue weighted by molar-refractivity contribution is 7.48. The predicted molar refractivity (Wildman–Crippen MR) is 88.2 cm³/mol. The molecule has 1 radical (unpaired) electrons. The number of phosphoric ester groups is 1. The van der Waals surface area contributed by atoms with E-state index in [4.69, 9.17) is 13.8 Å². The summed E-state index contributed by atoms with van der Waals surface area (Å²) in [4.78, 5) is 28.7. The molecule has 1 N–H and O–H groups in total. The molecule has 1 aliphatic rings. The van der Waals surface area contributed by atoms with Crippen molar-refractivity contribution in [1.29, 1.82) is 0 Å². The zero-order valence-electron chi connectivity index (χ0n) is 13.9. The second-order valence-electron chi connectivity index (χ2n) is 5.99. The summed E-state index contributed by atoms with van der Waals surface area (Å²) < 4.78 is 31.7. The molecule has 1 aliphatic heterocycles. The largest absolute Gasteiger partial charge is 0.475 e. The van der Waals surface area contributed by atoms with Crippen LogP contribution < -0.4 is 5.32 Å². The second kappa shape index (κ2) is 8.37. The first kappa shape index (κ1) is 20.0. The molecule has 1 aromatic rings. The second-order valence-corrected chi connectivity index (χ2v) is 8.59. The van der Waals surface area contributed by atoms with E-state index in [9.17, 15) is 14.2 Å². The third-order valence-corrected chi connectivity index (χ3v) is 5.41. The Morgan fingerprint density at radius 3 is 2.96 bits per heavy atom. The number of carbonyl (C=O) groups is 2. The van der Waals surface area contributed by atoms with Crippen molar-refractivity contribution in [1.82, 2.24) is 10.3 Å². The lowest BCUT2D eigenvalue weighted by atomic mass is 9.87. The summed E-state index contributed by atoms with van der Waals surface area (Å²) in [5.41, 5.74) is 0.927. The van der Waals surface area contributed by atoms with Gasteiger partial charge in [-0.25, -0.2) is 4.57 Å². The number of esters is 1. The van der Waals surface area contributed by atoms with Crippen molar-refractivity contribution >= 4 is 31.0 Å². The molecule has 25 heavy (non-hydrogen) atoms. The first-order valence-electron chi connectivity index (χ1n) is 7.43. The van der Waals surface area contributed by atoms with Gasteiger partial charge in [0.15, 0.2) is 6.10 Å². The van der Waals surface area contributed by atoms with Crippen molar-refractivity contribution < 1.29 is 32.5 Å². The fourth-order valence-electron chi connectivity index (χ4n) is 2.01. The van der Waals surface area contributed by atoms with Crippen LogP contribution in [0.3, 0.4) is 0 Å². The van der Waals surface area contributed by atoms with Crippen molar-refractivity contribution in [3.8, 4) is 0 Å². The van der Waals surface area contributed by atoms with Crippen LogP contribution in [0.2, 0.25) is 0 Å². The molecule has 1 unspecified atom stereocenters. The Hall–Kier alpha value is -1.32. The van der Waals surface area contributed by atoms with Gasteiger partial charge in [-0.1, -0.05) is 13.8 Å². The summed E-state index contributed by atoms with van der Waals surface area (Å²) in [6.07, 6.45) is 0.562. The monoisotopic (exact) mass is 391 g/mol. The van der Waals surface area contributed by atoms with Crippen molar-refractivity contribution in [2.24, 2.45) is 5.41 Å². The van der Waals surface area contributed by atoms with Crippen molar-refractivity contribution in [2.45, 2.75) is 33.0 Å². The minimum Gasteiger partial charge on any atom is -0.460 e. The summed E-state index contributed by atoms with van der Waals surface area (Å²) in [6, 6.07) is 0. The van der Waals surface area contributed by atoms with E-state index in [1.807, 2.05) is 0 Å². The summed E-state index contributed by atoms with van der Waals surface area (Å²) in [6.45, 7) is 3.68. The number of nitrogens with one attached hydrogen (secondary N) is 1. The quantitative estimate of drug-likeness (QED) is 0.555. The van der Waals surface area contributed by atoms with Crippen molar-refractivity contribution in [3.63, 3.8) is 0 Å². The third-order valence-electron chi connectivity index (χ3n) is 3.42. The van der Waals surface area contributed by atoms with Gasteiger partial charge >= 0.3 is 13.8 Å². The lowest BCUT2D eigenvalue weighted by molar-refractivity contribution is -0.145. The highest BCUT2D eigenvalue weighted by atomic mass is 32.1. The minimum atomic E-state index is -3.84. The van der Waals surface area contributed by atoms with Gasteiger partial charge in [0, 0.05) is 18.2 Å². The maximum Gasteiger partial charge on any atom is 0.475 e. The first-order valence-corrected chi connectivity index (χ1v) is 9.77. The Morgan fingerprint density at radius 1 is 1.56 bits per heavy atom. The lowest BCUT2D eigenvalue weighted by Gasteiger charge is -2.38. The number of hydrogen-bond donors (Lipinski definition) is 1. The molecule has 9 nitrogen and oxygen atoms in total. The standard InChI is InChI=1S/C14H20N2O7PS/c1-14(2)8-22-24(19,20-3)23-12(14)13(18)16-5-4-11(17)21-7-10-6-15-9-25-10/h6,9,12H,3-5,7-8H2,1-2H3,(H,16,18)/t12-,24?/m0/s1. The number of hydrogen-bond acceptors (Lipinski definition) is 9. The highest BCUT2D eigenvalue weighted by Crippen LogP contribution is 2.56. The maximum absolute atomic E-state index is 12.3. The molecule has 0 bridgehead atoms. The number of thiazole rings is 1. The van der Waals surface area contributed by atoms with Gasteiger partial charge in [0.25, 0.3) is 0 Å². The van der Waals surface area contributed by atoms with Crippen LogP contribution in [-0.4, -0.2) is 36.1 Å². The van der Waals surface area contributed by atoms with Gasteiger partial charge in [-0.2, -0.15) is 0 Å². The Kier molecular flexibility index (Phi) is 6.70. The molecule has 0 aromatic carbocycles. The molecule has 11 heteroatoms. The normalized spacial score (nSPS) is 25.3. The summed E-state index contributed by atoms with van der Waals surface area (Å²) >= 11 is 1.38. The summed E-state index contributed by atoms with van der Waals surface area (Å²) in [5, 5.41) is 2.57. The molecule has 1 amide bonds. The third kappa shape index (κ3) is 5.58. The van der Waals surface area contributed by atoms with E-state index in [1.54, 1.807) is 25.6 Å². The van der Waals surface area contributed by atoms with E-state index in [1.165, 1.54) is 11.3 Å². The van der Waals surface area contributed by atoms with Gasteiger partial charge in [-0.3, -0.25) is 28.1 Å². The van der Waals surface area contributed by atoms with Gasteiger partial charge in [-0.15, -0.1) is 11.3 Å². The maximum atomic E-state index is 12.3. The van der Waals surface area contributed by atoms with Gasteiger partial charge in [-0.05, 0) is 0 Å². The molecule has 139 valence electrons. The minimum absolute atomic E-state index is 0.00230. The molecule has 0 aliphatic carbocycles. The molecular weight excluding hydrogens is 371 g/mol. The zero-order chi connectivity index (χ0) is 18.5. The first-order chi connectivity index (χ1) is 11.8. The van der Waals surface area contributed by atoms with Crippen LogP contribution in [0.4, 0.5) is 0 Å². The van der Waals surface area contributed by atoms with E-state index in [2.05, 4.69) is 21.9 Å². The molecule has 0 spiro atoms. The smallest absolute Gasteiger partial charge is 0.460 e. The van der Waals surface area contributed by atoms with Gasteiger partial charge in [0.2, 0.25) is 5.91 Å². The molecule has 1 aromatic heterocycles. The fourth-order valence-corrected chi connectivity index (χ4v) is 3.84. The van der Waals surface area contributed by atoms with Gasteiger partial charge in [0.05, 0.1) is 30.5 Å². The highest BCUT2D eigenvalue weighted by Gasteiger charge is 2.48. The van der Waals surface area contributed by atoms with Crippen LogP contribution in [-0.2, 0) is 39.1 Å². The van der Waals surface area contributed by atoms with Crippen LogP contribution in [0.1, 0.15) is 25.1 Å². The SMILES string of the molecule is [CH2]OP1(=O)OCC(C)(C)[C@H](C(=O)NCCC(=O)OCc2cncs2)O1. The van der Waals surface area contributed by atoms with Crippen molar-refractivity contribution in [2.75, 3.05) is 13.2 Å². The molecule has 0 saturated carbocycles. The Morgan fingerprint density at radius 2 is 2.32 bits per heavy atom. The topological polar surface area (TPSA) is 113 Å². The molecule has 2 rings (SSSR count). The number of phosphoric acid groups is 1. The summed E-state index contributed by atoms with van der Waals surface area (Å²) in [7, 11) is -0.802. The van der Waals surface area contributed by atoms with E-state index in [0.717, 1.165) is 4.88 Å². The number of rotatable bonds is 7. The number of amides is 1. The Labute approximate surface area is 149 Å². The van der Waals surface area contributed by atoms with Crippen LogP contribution in [0.15, 0.2) is 11.7 Å². The molecule has 1 fully saturated rings. The molecule has 2 atom stereocenters. The number of aromatic nitrogens is 1. The molecule has 2 heterocycles. The van der Waals surface area contributed by atoms with E-state index >= 15 is 0 Å². The number of ether oxygens (including phenoxy) is 1.